The van der Waals surface area contributed by atoms with Crippen molar-refractivity contribution in [2.24, 2.45) is 0 Å². The van der Waals surface area contributed by atoms with E-state index >= 15 is 0 Å². The molecule has 1 aromatic carbocycles. The summed E-state index contributed by atoms with van der Waals surface area (Å²) >= 11 is 1.63. The van der Waals surface area contributed by atoms with E-state index in [2.05, 4.69) is 10.2 Å². The van der Waals surface area contributed by atoms with Crippen LogP contribution in [0, 0.1) is 0 Å². The first-order chi connectivity index (χ1) is 13.1. The zero-order chi connectivity index (χ0) is 19.2. The number of nitrogens with zero attached hydrogens (tertiary/aromatic N) is 2. The molecule has 1 unspecified atom stereocenters. The second-order valence-electron chi connectivity index (χ2n) is 6.53. The standard InChI is InChI=1S/C20H25N3O3S/c1-15(19(24)21-14-18-7-4-12-27-18)22-8-10-23(11-9-22)20(25)16-5-3-6-17(13-16)26-2/h3-7,12-13,15H,8-11,14H2,1-2H3,(H,21,24). The highest BCUT2D eigenvalue weighted by Crippen LogP contribution is 2.16. The number of carbonyl (C=O) groups excluding carboxylic acids is 2. The lowest BCUT2D eigenvalue weighted by Gasteiger charge is -2.37. The maximum atomic E-state index is 12.7. The Kier molecular flexibility index (Phi) is 6.47. The monoisotopic (exact) mass is 387 g/mol. The number of ether oxygens (including phenoxy) is 1. The molecule has 1 aromatic heterocycles. The van der Waals surface area contributed by atoms with Gasteiger partial charge in [0.1, 0.15) is 5.75 Å². The summed E-state index contributed by atoms with van der Waals surface area (Å²) < 4.78 is 5.19. The molecule has 0 bridgehead atoms. The van der Waals surface area contributed by atoms with Crippen LogP contribution in [0.2, 0.25) is 0 Å². The second kappa shape index (κ2) is 9.01. The Morgan fingerprint density at radius 2 is 1.96 bits per heavy atom. The SMILES string of the molecule is COc1cccc(C(=O)N2CCN(C(C)C(=O)NCc3cccs3)CC2)c1. The first-order valence-corrected chi connectivity index (χ1v) is 9.94. The lowest BCUT2D eigenvalue weighted by Crippen LogP contribution is -2.54. The summed E-state index contributed by atoms with van der Waals surface area (Å²) in [4.78, 5) is 30.2. The maximum Gasteiger partial charge on any atom is 0.254 e. The van der Waals surface area contributed by atoms with Crippen molar-refractivity contribution in [1.82, 2.24) is 15.1 Å². The summed E-state index contributed by atoms with van der Waals surface area (Å²) in [7, 11) is 1.59. The molecular formula is C20H25N3O3S. The molecule has 0 spiro atoms. The van der Waals surface area contributed by atoms with Gasteiger partial charge in [-0.1, -0.05) is 12.1 Å². The van der Waals surface area contributed by atoms with Crippen LogP contribution in [0.15, 0.2) is 41.8 Å². The van der Waals surface area contributed by atoms with Crippen LogP contribution in [0.5, 0.6) is 5.75 Å². The van der Waals surface area contributed by atoms with Gasteiger partial charge in [0.05, 0.1) is 19.7 Å². The van der Waals surface area contributed by atoms with E-state index in [4.69, 9.17) is 4.74 Å². The highest BCUT2D eigenvalue weighted by molar-refractivity contribution is 7.09. The van der Waals surface area contributed by atoms with Crippen LogP contribution >= 0.6 is 11.3 Å². The Morgan fingerprint density at radius 3 is 2.63 bits per heavy atom. The molecule has 1 aliphatic heterocycles. The fourth-order valence-corrected chi connectivity index (χ4v) is 3.80. The highest BCUT2D eigenvalue weighted by Gasteiger charge is 2.27. The van der Waals surface area contributed by atoms with E-state index in [1.807, 2.05) is 41.5 Å². The molecule has 2 aromatic rings. The van der Waals surface area contributed by atoms with Crippen LogP contribution < -0.4 is 10.1 Å². The second-order valence-corrected chi connectivity index (χ2v) is 7.57. The molecule has 1 atom stereocenters. The van der Waals surface area contributed by atoms with Crippen molar-refractivity contribution in [2.75, 3.05) is 33.3 Å². The summed E-state index contributed by atoms with van der Waals surface area (Å²) in [6.07, 6.45) is 0. The third-order valence-corrected chi connectivity index (χ3v) is 5.74. The van der Waals surface area contributed by atoms with E-state index in [1.54, 1.807) is 30.6 Å². The molecule has 27 heavy (non-hydrogen) atoms. The Labute approximate surface area is 163 Å². The van der Waals surface area contributed by atoms with E-state index in [-0.39, 0.29) is 17.9 Å². The van der Waals surface area contributed by atoms with Gasteiger partial charge in [0.25, 0.3) is 5.91 Å². The fraction of sp³-hybridized carbons (Fsp3) is 0.400. The number of methoxy groups -OCH3 is 1. The largest absolute Gasteiger partial charge is 0.497 e. The average Bonchev–Trinajstić information content (AvgIpc) is 3.24. The van der Waals surface area contributed by atoms with E-state index in [1.165, 1.54) is 0 Å². The number of piperazine rings is 1. The van der Waals surface area contributed by atoms with E-state index in [0.29, 0.717) is 44.0 Å². The van der Waals surface area contributed by atoms with Gasteiger partial charge in [-0.15, -0.1) is 11.3 Å². The summed E-state index contributed by atoms with van der Waals surface area (Å²) in [6.45, 7) is 5.07. The minimum atomic E-state index is -0.209. The molecule has 1 fully saturated rings. The van der Waals surface area contributed by atoms with Crippen LogP contribution in [0.3, 0.4) is 0 Å². The summed E-state index contributed by atoms with van der Waals surface area (Å²) in [5.41, 5.74) is 0.629. The van der Waals surface area contributed by atoms with Crippen molar-refractivity contribution < 1.29 is 14.3 Å². The van der Waals surface area contributed by atoms with Crippen molar-refractivity contribution in [3.05, 3.63) is 52.2 Å². The topological polar surface area (TPSA) is 61.9 Å². The number of benzene rings is 1. The normalized spacial score (nSPS) is 16.0. The zero-order valence-electron chi connectivity index (χ0n) is 15.7. The van der Waals surface area contributed by atoms with Crippen molar-refractivity contribution >= 4 is 23.2 Å². The van der Waals surface area contributed by atoms with Crippen molar-refractivity contribution in [3.8, 4) is 5.75 Å². The average molecular weight is 388 g/mol. The van der Waals surface area contributed by atoms with Crippen LogP contribution in [0.4, 0.5) is 0 Å². The predicted molar refractivity (Wildman–Crippen MR) is 106 cm³/mol. The molecule has 144 valence electrons. The van der Waals surface area contributed by atoms with Gasteiger partial charge in [-0.3, -0.25) is 14.5 Å². The molecule has 0 saturated carbocycles. The summed E-state index contributed by atoms with van der Waals surface area (Å²) in [5, 5.41) is 4.99. The molecule has 0 aliphatic carbocycles. The van der Waals surface area contributed by atoms with Gasteiger partial charge in [0.2, 0.25) is 5.91 Å². The molecular weight excluding hydrogens is 362 g/mol. The van der Waals surface area contributed by atoms with Gasteiger partial charge < -0.3 is 15.0 Å². The first kappa shape index (κ1) is 19.4. The van der Waals surface area contributed by atoms with Gasteiger partial charge in [0, 0.05) is 36.6 Å². The van der Waals surface area contributed by atoms with E-state index in [9.17, 15) is 9.59 Å². The minimum absolute atomic E-state index is 0.00310. The Hall–Kier alpha value is -2.38. The molecule has 1 aliphatic rings. The van der Waals surface area contributed by atoms with Crippen molar-refractivity contribution in [2.45, 2.75) is 19.5 Å². The lowest BCUT2D eigenvalue weighted by atomic mass is 10.1. The smallest absolute Gasteiger partial charge is 0.254 e. The third kappa shape index (κ3) is 4.87. The van der Waals surface area contributed by atoms with Crippen molar-refractivity contribution in [3.63, 3.8) is 0 Å². The quantitative estimate of drug-likeness (QED) is 0.826. The molecule has 1 saturated heterocycles. The van der Waals surface area contributed by atoms with Crippen LogP contribution in [-0.4, -0.2) is 60.9 Å². The first-order valence-electron chi connectivity index (χ1n) is 9.06. The summed E-state index contributed by atoms with van der Waals surface area (Å²) in [6, 6.07) is 11.0. The fourth-order valence-electron chi connectivity index (χ4n) is 3.15. The predicted octanol–water partition coefficient (Wildman–Crippen LogP) is 2.22. The Bertz CT molecular complexity index is 771. The third-order valence-electron chi connectivity index (χ3n) is 4.86. The number of nitrogens with one attached hydrogen (secondary N) is 1. The van der Waals surface area contributed by atoms with E-state index in [0.717, 1.165) is 4.88 Å². The van der Waals surface area contributed by atoms with Gasteiger partial charge in [-0.2, -0.15) is 0 Å². The Balaban J connectivity index is 1.50. The Morgan fingerprint density at radius 1 is 1.19 bits per heavy atom. The highest BCUT2D eigenvalue weighted by atomic mass is 32.1. The lowest BCUT2D eigenvalue weighted by molar-refractivity contribution is -0.126. The number of hydrogen-bond donors (Lipinski definition) is 1. The van der Waals surface area contributed by atoms with Gasteiger partial charge in [-0.05, 0) is 36.6 Å². The number of rotatable bonds is 6. The van der Waals surface area contributed by atoms with Gasteiger partial charge in [-0.25, -0.2) is 0 Å². The number of hydrogen-bond acceptors (Lipinski definition) is 5. The van der Waals surface area contributed by atoms with E-state index < -0.39 is 0 Å². The van der Waals surface area contributed by atoms with Crippen LogP contribution in [0.1, 0.15) is 22.2 Å². The molecule has 6 nitrogen and oxygen atoms in total. The number of carbonyl (C=O) groups is 2. The van der Waals surface area contributed by atoms with Crippen LogP contribution in [-0.2, 0) is 11.3 Å². The molecule has 2 heterocycles. The zero-order valence-corrected chi connectivity index (χ0v) is 16.5. The molecule has 7 heteroatoms. The number of amides is 2. The molecule has 2 amide bonds. The maximum absolute atomic E-state index is 12.7. The summed E-state index contributed by atoms with van der Waals surface area (Å²) in [5.74, 6) is 0.704. The van der Waals surface area contributed by atoms with Crippen LogP contribution in [0.25, 0.3) is 0 Å². The van der Waals surface area contributed by atoms with Gasteiger partial charge in [0.15, 0.2) is 0 Å². The number of thiophene rings is 1. The van der Waals surface area contributed by atoms with Gasteiger partial charge >= 0.3 is 0 Å². The van der Waals surface area contributed by atoms with Crippen molar-refractivity contribution in [1.29, 1.82) is 0 Å². The molecule has 1 N–H and O–H groups in total. The molecule has 3 rings (SSSR count). The molecule has 0 radical (unpaired) electrons. The minimum Gasteiger partial charge on any atom is -0.497 e.